The van der Waals surface area contributed by atoms with Crippen LogP contribution in [0.3, 0.4) is 0 Å². The van der Waals surface area contributed by atoms with Crippen molar-refractivity contribution in [3.8, 4) is 85.1 Å². The summed E-state index contributed by atoms with van der Waals surface area (Å²) in [7, 11) is 0. The fourth-order valence-electron chi connectivity index (χ4n) is 8.78. The van der Waals surface area contributed by atoms with Gasteiger partial charge in [-0.1, -0.05) is 152 Å². The summed E-state index contributed by atoms with van der Waals surface area (Å²) in [5.74, 6) is 3.58. The first-order valence-electron chi connectivity index (χ1n) is 19.3. The van der Waals surface area contributed by atoms with Crippen LogP contribution in [0.15, 0.2) is 194 Å². The molecular weight excluding hydrogens is 709 g/mol. The monoisotopic (exact) mass is 740 g/mol. The molecule has 5 heteroatoms. The Morgan fingerprint density at radius 1 is 0.362 bits per heavy atom. The molecule has 1 aromatic heterocycles. The van der Waals surface area contributed by atoms with Crippen LogP contribution in [0.25, 0.3) is 67.5 Å². The van der Waals surface area contributed by atoms with Gasteiger partial charge < -0.3 is 4.74 Å². The Hall–Kier alpha value is -7.94. The van der Waals surface area contributed by atoms with Gasteiger partial charge in [-0.3, -0.25) is 0 Å². The maximum Gasteiger partial charge on any atom is 0.164 e. The lowest BCUT2D eigenvalue weighted by Gasteiger charge is -2.39. The lowest BCUT2D eigenvalue weighted by molar-refractivity contribution is 0.436. The predicted octanol–water partition coefficient (Wildman–Crippen LogP) is 12.5. The molecule has 0 N–H and O–H groups in total. The molecule has 0 amide bonds. The molecule has 0 atom stereocenters. The van der Waals surface area contributed by atoms with Crippen LogP contribution >= 0.6 is 0 Å². The van der Waals surface area contributed by atoms with Gasteiger partial charge in [0, 0.05) is 27.8 Å². The maximum atomic E-state index is 9.49. The molecule has 1 aliphatic heterocycles. The summed E-state index contributed by atoms with van der Waals surface area (Å²) < 4.78 is 6.59. The van der Waals surface area contributed by atoms with Gasteiger partial charge in [0.2, 0.25) is 0 Å². The second-order valence-corrected chi connectivity index (χ2v) is 14.7. The molecule has 9 aromatic rings. The SMILES string of the molecule is N#Cc1ccc(-c2ccc3c(c2)-c2cc(-c4cccc(-c5nc(-c6ccccc6)nc(-c6ccccc6)n5)c4)ccc2C32c3ccccc3Oc3ccccc32)cc1. The summed E-state index contributed by atoms with van der Waals surface area (Å²) in [6.07, 6.45) is 0. The van der Waals surface area contributed by atoms with Crippen LogP contribution < -0.4 is 4.74 Å². The highest BCUT2D eigenvalue weighted by Gasteiger charge is 2.51. The Kier molecular flexibility index (Phi) is 7.70. The molecule has 11 rings (SSSR count). The molecule has 2 aliphatic rings. The Bertz CT molecular complexity index is 2990. The number of aromatic nitrogens is 3. The van der Waals surface area contributed by atoms with Gasteiger partial charge in [0.25, 0.3) is 0 Å². The summed E-state index contributed by atoms with van der Waals surface area (Å²) in [6, 6.07) is 69.2. The molecule has 1 spiro atoms. The Labute approximate surface area is 336 Å². The third-order valence-corrected chi connectivity index (χ3v) is 11.4. The fraction of sp³-hybridized carbons (Fsp3) is 0.0189. The number of para-hydroxylation sites is 2. The van der Waals surface area contributed by atoms with Crippen molar-refractivity contribution >= 4 is 0 Å². The fourth-order valence-corrected chi connectivity index (χ4v) is 8.78. The third-order valence-electron chi connectivity index (χ3n) is 11.4. The van der Waals surface area contributed by atoms with Crippen LogP contribution in [0.2, 0.25) is 0 Å². The van der Waals surface area contributed by atoms with Crippen molar-refractivity contribution in [2.45, 2.75) is 5.41 Å². The van der Waals surface area contributed by atoms with Crippen molar-refractivity contribution in [1.29, 1.82) is 5.26 Å². The van der Waals surface area contributed by atoms with E-state index in [1.54, 1.807) is 0 Å². The molecule has 0 radical (unpaired) electrons. The van der Waals surface area contributed by atoms with Crippen LogP contribution in [0.5, 0.6) is 11.5 Å². The van der Waals surface area contributed by atoms with Crippen LogP contribution in [0.4, 0.5) is 0 Å². The van der Waals surface area contributed by atoms with Crippen LogP contribution in [-0.4, -0.2) is 15.0 Å². The molecular formula is C53H32N4O. The molecule has 270 valence electrons. The number of hydrogen-bond acceptors (Lipinski definition) is 5. The van der Waals surface area contributed by atoms with E-state index >= 15 is 0 Å². The normalized spacial score (nSPS) is 12.7. The molecule has 0 saturated heterocycles. The molecule has 2 heterocycles. The van der Waals surface area contributed by atoms with Crippen molar-refractivity contribution in [2.24, 2.45) is 0 Å². The standard InChI is InChI=1S/C53H32N4O/c54-33-34-22-24-35(25-23-34)39-26-28-44-42(31-39)43-32-40(27-29-45(43)53(44)46-18-7-9-20-48(46)58-49-21-10-8-19-47(49)53)38-16-11-17-41(30-38)52-56-50(36-12-3-1-4-13-36)55-51(57-52)37-14-5-2-6-15-37/h1-32H. The number of ether oxygens (including phenoxy) is 1. The number of hydrogen-bond donors (Lipinski definition) is 0. The van der Waals surface area contributed by atoms with Crippen molar-refractivity contribution < 1.29 is 4.74 Å². The molecule has 58 heavy (non-hydrogen) atoms. The van der Waals surface area contributed by atoms with E-state index in [0.717, 1.165) is 67.1 Å². The van der Waals surface area contributed by atoms with Gasteiger partial charge in [0.1, 0.15) is 11.5 Å². The summed E-state index contributed by atoms with van der Waals surface area (Å²) in [4.78, 5) is 14.9. The minimum Gasteiger partial charge on any atom is -0.457 e. The minimum absolute atomic E-state index is 0.591. The first kappa shape index (κ1) is 33.4. The molecule has 8 aromatic carbocycles. The van der Waals surface area contributed by atoms with Crippen LogP contribution in [-0.2, 0) is 5.41 Å². The number of rotatable bonds is 5. The van der Waals surface area contributed by atoms with Gasteiger partial charge in [0.15, 0.2) is 17.5 Å². The van der Waals surface area contributed by atoms with E-state index in [1.807, 2.05) is 97.1 Å². The van der Waals surface area contributed by atoms with E-state index in [2.05, 4.69) is 103 Å². The second-order valence-electron chi connectivity index (χ2n) is 14.7. The molecule has 5 nitrogen and oxygen atoms in total. The quantitative estimate of drug-likeness (QED) is 0.176. The van der Waals surface area contributed by atoms with Crippen molar-refractivity contribution in [1.82, 2.24) is 15.0 Å². The molecule has 0 unspecified atom stereocenters. The van der Waals surface area contributed by atoms with Crippen LogP contribution in [0.1, 0.15) is 27.8 Å². The first-order chi connectivity index (χ1) is 28.7. The summed E-state index contributed by atoms with van der Waals surface area (Å²) in [5.41, 5.74) is 14.1. The Morgan fingerprint density at radius 2 is 0.793 bits per heavy atom. The number of nitriles is 1. The lowest BCUT2D eigenvalue weighted by atomic mass is 9.66. The smallest absolute Gasteiger partial charge is 0.164 e. The van der Waals surface area contributed by atoms with Gasteiger partial charge in [0.05, 0.1) is 17.0 Å². The Balaban J connectivity index is 1.10. The number of nitrogens with zero attached hydrogens (tertiary/aromatic N) is 4. The zero-order valence-electron chi connectivity index (χ0n) is 31.2. The third kappa shape index (κ3) is 5.27. The summed E-state index contributed by atoms with van der Waals surface area (Å²) in [6.45, 7) is 0. The Morgan fingerprint density at radius 3 is 1.34 bits per heavy atom. The highest BCUT2D eigenvalue weighted by molar-refractivity contribution is 5.92. The summed E-state index contributed by atoms with van der Waals surface area (Å²) >= 11 is 0. The highest BCUT2D eigenvalue weighted by atomic mass is 16.5. The molecule has 0 bridgehead atoms. The highest BCUT2D eigenvalue weighted by Crippen LogP contribution is 2.62. The van der Waals surface area contributed by atoms with Gasteiger partial charge in [-0.15, -0.1) is 0 Å². The number of fused-ring (bicyclic) bond motifs is 9. The maximum absolute atomic E-state index is 9.49. The van der Waals surface area contributed by atoms with Crippen molar-refractivity contribution in [3.05, 3.63) is 222 Å². The molecule has 0 saturated carbocycles. The zero-order chi connectivity index (χ0) is 38.6. The zero-order valence-corrected chi connectivity index (χ0v) is 31.2. The summed E-state index contributed by atoms with van der Waals surface area (Å²) in [5, 5.41) is 9.49. The largest absolute Gasteiger partial charge is 0.457 e. The van der Waals surface area contributed by atoms with Crippen molar-refractivity contribution in [3.63, 3.8) is 0 Å². The minimum atomic E-state index is -0.591. The van der Waals surface area contributed by atoms with Gasteiger partial charge in [-0.2, -0.15) is 5.26 Å². The number of benzene rings is 8. The second kappa shape index (κ2) is 13.4. The van der Waals surface area contributed by atoms with Gasteiger partial charge in [-0.05, 0) is 87.0 Å². The van der Waals surface area contributed by atoms with E-state index < -0.39 is 5.41 Å². The predicted molar refractivity (Wildman–Crippen MR) is 229 cm³/mol. The van der Waals surface area contributed by atoms with E-state index in [0.29, 0.717) is 23.0 Å². The lowest BCUT2D eigenvalue weighted by Crippen LogP contribution is -2.32. The van der Waals surface area contributed by atoms with E-state index in [4.69, 9.17) is 19.7 Å². The topological polar surface area (TPSA) is 71.7 Å². The first-order valence-corrected chi connectivity index (χ1v) is 19.3. The van der Waals surface area contributed by atoms with Gasteiger partial charge >= 0.3 is 0 Å². The van der Waals surface area contributed by atoms with E-state index in [9.17, 15) is 5.26 Å². The van der Waals surface area contributed by atoms with E-state index in [1.165, 1.54) is 16.7 Å². The molecule has 1 aliphatic carbocycles. The van der Waals surface area contributed by atoms with Crippen LogP contribution in [0, 0.1) is 11.3 Å². The molecule has 0 fully saturated rings. The van der Waals surface area contributed by atoms with E-state index in [-0.39, 0.29) is 0 Å². The van der Waals surface area contributed by atoms with Gasteiger partial charge in [-0.25, -0.2) is 15.0 Å². The average molecular weight is 741 g/mol. The van der Waals surface area contributed by atoms with Crippen molar-refractivity contribution in [2.75, 3.05) is 0 Å². The average Bonchev–Trinajstić information content (AvgIpc) is 3.59.